The second kappa shape index (κ2) is 9.90. The normalized spacial score (nSPS) is 12.8. The molecule has 0 radical (unpaired) electrons. The second-order valence-corrected chi connectivity index (χ2v) is 3.29. The van der Waals surface area contributed by atoms with E-state index < -0.39 is 0 Å². The van der Waals surface area contributed by atoms with Gasteiger partial charge in [-0.05, 0) is 38.2 Å². The van der Waals surface area contributed by atoms with Crippen LogP contribution in [-0.2, 0) is 0 Å². The molecule has 0 heterocycles. The van der Waals surface area contributed by atoms with Gasteiger partial charge in [0.2, 0.25) is 0 Å². The predicted molar refractivity (Wildman–Crippen MR) is 77.9 cm³/mol. The Labute approximate surface area is 109 Å². The van der Waals surface area contributed by atoms with Crippen LogP contribution in [0.25, 0.3) is 0 Å². The summed E-state index contributed by atoms with van der Waals surface area (Å²) < 4.78 is 0. The van der Waals surface area contributed by atoms with Crippen molar-refractivity contribution < 1.29 is 4.79 Å². The number of hydrogen-bond donors (Lipinski definition) is 2. The van der Waals surface area contributed by atoms with E-state index in [2.05, 4.69) is 23.8 Å². The fourth-order valence-electron chi connectivity index (χ4n) is 1.10. The summed E-state index contributed by atoms with van der Waals surface area (Å²) in [6.07, 6.45) is 14.0. The van der Waals surface area contributed by atoms with Gasteiger partial charge in [0.15, 0.2) is 0 Å². The number of nitrogens with one attached hydrogen (secondary N) is 2. The summed E-state index contributed by atoms with van der Waals surface area (Å²) in [6, 6.07) is -0.322. The van der Waals surface area contributed by atoms with Crippen LogP contribution in [0, 0.1) is 0 Å². The molecule has 0 atom stereocenters. The monoisotopic (exact) mass is 244 g/mol. The van der Waals surface area contributed by atoms with E-state index in [0.29, 0.717) is 11.4 Å². The van der Waals surface area contributed by atoms with E-state index in [1.165, 1.54) is 0 Å². The van der Waals surface area contributed by atoms with Crippen molar-refractivity contribution in [3.05, 3.63) is 73.2 Å². The number of carbonyl (C=O) groups excluding carboxylic acids is 1. The van der Waals surface area contributed by atoms with Crippen molar-refractivity contribution in [2.75, 3.05) is 0 Å². The van der Waals surface area contributed by atoms with Crippen LogP contribution in [0.3, 0.4) is 0 Å². The van der Waals surface area contributed by atoms with Gasteiger partial charge in [-0.25, -0.2) is 4.79 Å². The number of hydrogen-bond acceptors (Lipinski definition) is 1. The van der Waals surface area contributed by atoms with Gasteiger partial charge in [-0.2, -0.15) is 0 Å². The smallest absolute Gasteiger partial charge is 0.308 e. The molecule has 96 valence electrons. The van der Waals surface area contributed by atoms with Crippen molar-refractivity contribution >= 4 is 6.03 Å². The number of rotatable bonds is 6. The molecule has 3 heteroatoms. The average molecular weight is 244 g/mol. The lowest BCUT2D eigenvalue weighted by molar-refractivity contribution is 0.246. The third-order valence-corrected chi connectivity index (χ3v) is 1.85. The van der Waals surface area contributed by atoms with Gasteiger partial charge in [0, 0.05) is 11.4 Å². The molecule has 0 aromatic rings. The summed E-state index contributed by atoms with van der Waals surface area (Å²) in [5.41, 5.74) is 1.29. The molecule has 0 bridgehead atoms. The molecule has 3 nitrogen and oxygen atoms in total. The van der Waals surface area contributed by atoms with E-state index in [4.69, 9.17) is 0 Å². The minimum atomic E-state index is -0.322. The largest absolute Gasteiger partial charge is 0.323 e. The molecule has 0 rings (SSSR count). The molecule has 0 fully saturated rings. The Morgan fingerprint density at radius 3 is 2.17 bits per heavy atom. The quantitative estimate of drug-likeness (QED) is 0.689. The van der Waals surface area contributed by atoms with E-state index in [9.17, 15) is 4.79 Å². The standard InChI is InChI=1S/C15H20N2O/c1-5-9-12-14(11-7-3)17-15(18)16-13(8-4)10-6-2/h5-12H,2,4H2,1,3H3,(H2,16,17,18)/b9-5-,11-7-,13-10+,14-12+. The first-order chi connectivity index (χ1) is 8.67. The summed E-state index contributed by atoms with van der Waals surface area (Å²) in [7, 11) is 0. The third kappa shape index (κ3) is 7.06. The number of amides is 2. The first-order valence-corrected chi connectivity index (χ1v) is 5.66. The Bertz CT molecular complexity index is 412. The van der Waals surface area contributed by atoms with Crippen LogP contribution in [0.1, 0.15) is 13.8 Å². The molecule has 0 aliphatic heterocycles. The van der Waals surface area contributed by atoms with E-state index >= 15 is 0 Å². The molecule has 2 amide bonds. The lowest BCUT2D eigenvalue weighted by atomic mass is 10.3. The molecule has 0 aromatic heterocycles. The zero-order valence-corrected chi connectivity index (χ0v) is 10.9. The Hall–Kier alpha value is -2.29. The van der Waals surface area contributed by atoms with Crippen LogP contribution in [0.4, 0.5) is 4.79 Å². The van der Waals surface area contributed by atoms with Gasteiger partial charge in [0.1, 0.15) is 0 Å². The highest BCUT2D eigenvalue weighted by Crippen LogP contribution is 1.95. The maximum Gasteiger partial charge on any atom is 0.323 e. The van der Waals surface area contributed by atoms with Crippen LogP contribution in [0.15, 0.2) is 73.2 Å². The van der Waals surface area contributed by atoms with E-state index in [-0.39, 0.29) is 6.03 Å². The van der Waals surface area contributed by atoms with E-state index in [0.717, 1.165) is 0 Å². The van der Waals surface area contributed by atoms with E-state index in [1.54, 1.807) is 18.2 Å². The predicted octanol–water partition coefficient (Wildman–Crippen LogP) is 3.58. The minimum absolute atomic E-state index is 0.322. The summed E-state index contributed by atoms with van der Waals surface area (Å²) in [4.78, 5) is 11.7. The van der Waals surface area contributed by atoms with Gasteiger partial charge >= 0.3 is 6.03 Å². The van der Waals surface area contributed by atoms with E-state index in [1.807, 2.05) is 44.2 Å². The number of urea groups is 1. The first-order valence-electron chi connectivity index (χ1n) is 5.66. The van der Waals surface area contributed by atoms with Crippen molar-refractivity contribution in [1.29, 1.82) is 0 Å². The highest BCUT2D eigenvalue weighted by atomic mass is 16.2. The van der Waals surface area contributed by atoms with Gasteiger partial charge in [-0.15, -0.1) is 0 Å². The van der Waals surface area contributed by atoms with Crippen molar-refractivity contribution in [2.24, 2.45) is 0 Å². The lowest BCUT2D eigenvalue weighted by Gasteiger charge is -2.08. The maximum absolute atomic E-state index is 11.7. The van der Waals surface area contributed by atoms with Gasteiger partial charge in [-0.3, -0.25) is 0 Å². The zero-order valence-electron chi connectivity index (χ0n) is 10.9. The molecular weight excluding hydrogens is 224 g/mol. The fourth-order valence-corrected chi connectivity index (χ4v) is 1.10. The molecule has 0 spiro atoms. The van der Waals surface area contributed by atoms with Crippen molar-refractivity contribution in [3.8, 4) is 0 Å². The van der Waals surface area contributed by atoms with Gasteiger partial charge < -0.3 is 10.6 Å². The SMILES string of the molecule is C=C/C=C(\C=C)NC(=O)NC(/C=C\C)=C/C=C\C. The van der Waals surface area contributed by atoms with Crippen molar-refractivity contribution in [3.63, 3.8) is 0 Å². The lowest BCUT2D eigenvalue weighted by Crippen LogP contribution is -2.33. The molecular formula is C15H20N2O. The molecule has 0 unspecified atom stereocenters. The summed E-state index contributed by atoms with van der Waals surface area (Å²) in [6.45, 7) is 11.0. The molecule has 0 aliphatic carbocycles. The Balaban J connectivity index is 4.66. The maximum atomic E-state index is 11.7. The Kier molecular flexibility index (Phi) is 8.64. The Morgan fingerprint density at radius 2 is 1.67 bits per heavy atom. The van der Waals surface area contributed by atoms with Crippen LogP contribution in [0.5, 0.6) is 0 Å². The average Bonchev–Trinajstić information content (AvgIpc) is 2.35. The zero-order chi connectivity index (χ0) is 13.8. The second-order valence-electron chi connectivity index (χ2n) is 3.29. The molecule has 18 heavy (non-hydrogen) atoms. The van der Waals surface area contributed by atoms with Crippen LogP contribution >= 0.6 is 0 Å². The first kappa shape index (κ1) is 15.7. The molecule has 0 saturated heterocycles. The molecule has 0 saturated carbocycles. The number of carbonyl (C=O) groups is 1. The third-order valence-electron chi connectivity index (χ3n) is 1.85. The summed E-state index contributed by atoms with van der Waals surface area (Å²) >= 11 is 0. The molecule has 0 aromatic carbocycles. The molecule has 0 aliphatic rings. The molecule has 2 N–H and O–H groups in total. The van der Waals surface area contributed by atoms with Gasteiger partial charge in [-0.1, -0.05) is 37.5 Å². The van der Waals surface area contributed by atoms with Crippen molar-refractivity contribution in [2.45, 2.75) is 13.8 Å². The fraction of sp³-hybridized carbons (Fsp3) is 0.133. The number of allylic oxidation sites excluding steroid dienone is 8. The Morgan fingerprint density at radius 1 is 1.00 bits per heavy atom. The topological polar surface area (TPSA) is 41.1 Å². The van der Waals surface area contributed by atoms with Gasteiger partial charge in [0.25, 0.3) is 0 Å². The van der Waals surface area contributed by atoms with Crippen LogP contribution < -0.4 is 10.6 Å². The van der Waals surface area contributed by atoms with Gasteiger partial charge in [0.05, 0.1) is 0 Å². The summed E-state index contributed by atoms with van der Waals surface area (Å²) in [5, 5.41) is 5.38. The minimum Gasteiger partial charge on any atom is -0.308 e. The highest BCUT2D eigenvalue weighted by molar-refractivity contribution is 5.78. The van der Waals surface area contributed by atoms with Crippen LogP contribution in [0.2, 0.25) is 0 Å². The van der Waals surface area contributed by atoms with Crippen molar-refractivity contribution in [1.82, 2.24) is 10.6 Å². The van der Waals surface area contributed by atoms with Crippen LogP contribution in [-0.4, -0.2) is 6.03 Å². The summed E-state index contributed by atoms with van der Waals surface area (Å²) in [5.74, 6) is 0. The highest BCUT2D eigenvalue weighted by Gasteiger charge is 2.01.